The Labute approximate surface area is 72.0 Å². The average molecular weight is 253 g/mol. The molecule has 0 aliphatic carbocycles. The summed E-state index contributed by atoms with van der Waals surface area (Å²) in [6.45, 7) is 3.76. The van der Waals surface area contributed by atoms with Crippen LogP contribution in [0.3, 0.4) is 0 Å². The highest BCUT2D eigenvalue weighted by atomic mass is 127. The van der Waals surface area contributed by atoms with Crippen molar-refractivity contribution in [3.05, 3.63) is 17.5 Å². The first-order valence-electron chi connectivity index (χ1n) is 2.53. The maximum atomic E-state index is 3.93. The lowest BCUT2D eigenvalue weighted by Gasteiger charge is -1.87. The highest BCUT2D eigenvalue weighted by Crippen LogP contribution is 2.13. The number of nitrogens with zero attached hydrogens (tertiary/aromatic N) is 2. The summed E-state index contributed by atoms with van der Waals surface area (Å²) in [5.74, 6) is 0. The molecule has 0 spiro atoms. The molecule has 1 radical (unpaired) electrons. The first kappa shape index (κ1) is 7.40. The predicted octanol–water partition coefficient (Wildman–Crippen LogP) is 1.85. The number of aromatic nitrogens is 2. The molecule has 0 aliphatic rings. The van der Waals surface area contributed by atoms with Gasteiger partial charge in [0.25, 0.3) is 0 Å². The molecule has 0 aromatic carbocycles. The Morgan fingerprint density at radius 3 is 2.89 bits per heavy atom. The monoisotopic (exact) mass is 253 g/mol. The number of hydrogen-bond acceptors (Lipinski definition) is 3. The van der Waals surface area contributed by atoms with E-state index in [9.17, 15) is 0 Å². The van der Waals surface area contributed by atoms with Gasteiger partial charge in [-0.05, 0) is 24.9 Å². The van der Waals surface area contributed by atoms with Gasteiger partial charge in [0, 0.05) is 9.30 Å². The third-order valence-corrected chi connectivity index (χ3v) is 2.53. The molecule has 0 unspecified atom stereocenters. The summed E-state index contributed by atoms with van der Waals surface area (Å²) in [6, 6.07) is 0. The lowest BCUT2D eigenvalue weighted by Crippen LogP contribution is -1.82. The van der Waals surface area contributed by atoms with Crippen LogP contribution in [0.5, 0.6) is 0 Å². The third-order valence-electron chi connectivity index (χ3n) is 0.988. The molecule has 0 atom stereocenters. The van der Waals surface area contributed by atoms with Crippen molar-refractivity contribution in [3.63, 3.8) is 0 Å². The summed E-state index contributed by atoms with van der Waals surface area (Å²) in [5, 5.41) is 3.93. The maximum absolute atomic E-state index is 3.93. The first-order chi connectivity index (χ1) is 4.38. The fourth-order valence-electron chi connectivity index (χ4n) is 0.519. The Hall–Kier alpha value is 0.290. The second-order valence-electron chi connectivity index (χ2n) is 1.53. The minimum Gasteiger partial charge on any atom is -0.142 e. The van der Waals surface area contributed by atoms with E-state index in [0.29, 0.717) is 0 Å². The summed E-state index contributed by atoms with van der Waals surface area (Å²) in [4.78, 5) is 1.21. The summed E-state index contributed by atoms with van der Waals surface area (Å²) in [7, 11) is 0. The van der Waals surface area contributed by atoms with Gasteiger partial charge in [0.15, 0.2) is 0 Å². The number of rotatable bonds is 2. The topological polar surface area (TPSA) is 25.8 Å². The highest BCUT2D eigenvalue weighted by Gasteiger charge is 2.01. The summed E-state index contributed by atoms with van der Waals surface area (Å²) < 4.78 is 4.75. The van der Waals surface area contributed by atoms with Crippen LogP contribution in [0.4, 0.5) is 0 Å². The Morgan fingerprint density at radius 2 is 2.44 bits per heavy atom. The molecule has 1 aromatic heterocycles. The average Bonchev–Trinajstić information content (AvgIpc) is 2.33. The lowest BCUT2D eigenvalue weighted by atomic mass is 10.3. The van der Waals surface area contributed by atoms with Crippen LogP contribution in [-0.4, -0.2) is 9.59 Å². The van der Waals surface area contributed by atoms with Crippen molar-refractivity contribution in [1.82, 2.24) is 9.59 Å². The number of hydrogen-bond donors (Lipinski definition) is 0. The van der Waals surface area contributed by atoms with Gasteiger partial charge in [-0.2, -0.15) is 0 Å². The van der Waals surface area contributed by atoms with Gasteiger partial charge in [-0.15, -0.1) is 5.10 Å². The van der Waals surface area contributed by atoms with E-state index in [1.165, 1.54) is 16.4 Å². The smallest absolute Gasteiger partial charge is 0.0884 e. The van der Waals surface area contributed by atoms with Crippen molar-refractivity contribution >= 4 is 34.1 Å². The van der Waals surface area contributed by atoms with E-state index in [0.717, 1.165) is 16.5 Å². The van der Waals surface area contributed by atoms with Crippen LogP contribution in [0.15, 0.2) is 0 Å². The molecule has 0 saturated heterocycles. The van der Waals surface area contributed by atoms with Crippen LogP contribution >= 0.6 is 34.1 Å². The molecule has 1 heterocycles. The second kappa shape index (κ2) is 3.46. The summed E-state index contributed by atoms with van der Waals surface area (Å²) in [6.07, 6.45) is 0.815. The fourth-order valence-corrected chi connectivity index (χ4v) is 1.94. The van der Waals surface area contributed by atoms with Gasteiger partial charge < -0.3 is 0 Å². The molecule has 0 saturated carbocycles. The summed E-state index contributed by atoms with van der Waals surface area (Å²) >= 11 is 3.72. The van der Waals surface area contributed by atoms with Crippen molar-refractivity contribution in [2.75, 3.05) is 0 Å². The molecule has 49 valence electrons. The Morgan fingerprint density at radius 1 is 1.67 bits per heavy atom. The van der Waals surface area contributed by atoms with E-state index in [-0.39, 0.29) is 0 Å². The van der Waals surface area contributed by atoms with Gasteiger partial charge >= 0.3 is 0 Å². The van der Waals surface area contributed by atoms with Crippen LogP contribution in [0.1, 0.15) is 10.6 Å². The number of alkyl halides is 1. The van der Waals surface area contributed by atoms with Crippen molar-refractivity contribution in [2.24, 2.45) is 0 Å². The largest absolute Gasteiger partial charge is 0.142 e. The van der Waals surface area contributed by atoms with Crippen LogP contribution in [0.2, 0.25) is 0 Å². The highest BCUT2D eigenvalue weighted by molar-refractivity contribution is 14.1. The van der Waals surface area contributed by atoms with E-state index in [1.807, 2.05) is 0 Å². The van der Waals surface area contributed by atoms with E-state index in [4.69, 9.17) is 0 Å². The molecule has 0 amide bonds. The zero-order valence-corrected chi connectivity index (χ0v) is 7.78. The standard InChI is InChI=1S/C5H6IN2S/c1-2-5-4(3-6)7-8-9-5/h1-3H2. The molecule has 1 aromatic rings. The quantitative estimate of drug-likeness (QED) is 0.593. The van der Waals surface area contributed by atoms with Crippen molar-refractivity contribution in [1.29, 1.82) is 0 Å². The van der Waals surface area contributed by atoms with E-state index in [2.05, 4.69) is 39.1 Å². The van der Waals surface area contributed by atoms with Crippen LogP contribution < -0.4 is 0 Å². The lowest BCUT2D eigenvalue weighted by molar-refractivity contribution is 1.06. The molecular weight excluding hydrogens is 247 g/mol. The molecular formula is C5H6IN2S. The molecule has 0 aliphatic heterocycles. The van der Waals surface area contributed by atoms with Crippen LogP contribution in [-0.2, 0) is 10.8 Å². The second-order valence-corrected chi connectivity index (χ2v) is 3.13. The van der Waals surface area contributed by atoms with Gasteiger partial charge in [-0.25, -0.2) is 0 Å². The minimum atomic E-state index is 0.815. The van der Waals surface area contributed by atoms with E-state index in [1.54, 1.807) is 0 Å². The van der Waals surface area contributed by atoms with Gasteiger partial charge in [0.2, 0.25) is 0 Å². The normalized spacial score (nSPS) is 10.0. The van der Waals surface area contributed by atoms with Crippen molar-refractivity contribution in [2.45, 2.75) is 10.8 Å². The zero-order chi connectivity index (χ0) is 6.69. The molecule has 0 fully saturated rings. The molecule has 0 N–H and O–H groups in total. The predicted molar refractivity (Wildman–Crippen MR) is 46.7 cm³/mol. The minimum absolute atomic E-state index is 0.815. The zero-order valence-electron chi connectivity index (χ0n) is 4.80. The third kappa shape index (κ3) is 1.61. The van der Waals surface area contributed by atoms with Gasteiger partial charge in [0.05, 0.1) is 5.69 Å². The Bertz CT molecular complexity index is 168. The molecule has 2 nitrogen and oxygen atoms in total. The van der Waals surface area contributed by atoms with Crippen molar-refractivity contribution in [3.8, 4) is 0 Å². The molecule has 9 heavy (non-hydrogen) atoms. The first-order valence-corrected chi connectivity index (χ1v) is 4.83. The number of halogens is 1. The van der Waals surface area contributed by atoms with E-state index < -0.39 is 0 Å². The Balaban J connectivity index is 2.85. The maximum Gasteiger partial charge on any atom is 0.0884 e. The Kier molecular flexibility index (Phi) is 2.84. The van der Waals surface area contributed by atoms with Gasteiger partial charge in [-0.3, -0.25) is 0 Å². The summed E-state index contributed by atoms with van der Waals surface area (Å²) in [5.41, 5.74) is 1.09. The van der Waals surface area contributed by atoms with Gasteiger partial charge in [0.1, 0.15) is 0 Å². The van der Waals surface area contributed by atoms with E-state index >= 15 is 0 Å². The fraction of sp³-hybridized carbons (Fsp3) is 0.400. The van der Waals surface area contributed by atoms with Crippen LogP contribution in [0.25, 0.3) is 0 Å². The van der Waals surface area contributed by atoms with Crippen molar-refractivity contribution < 1.29 is 0 Å². The molecule has 1 rings (SSSR count). The molecule has 4 heteroatoms. The van der Waals surface area contributed by atoms with Crippen LogP contribution in [0, 0.1) is 6.92 Å². The molecule has 0 bridgehead atoms. The van der Waals surface area contributed by atoms with Gasteiger partial charge in [-0.1, -0.05) is 27.1 Å². The SMILES string of the molecule is [CH2]Cc1snnc1CI.